The van der Waals surface area contributed by atoms with E-state index in [-0.39, 0.29) is 5.28 Å². The zero-order chi connectivity index (χ0) is 12.5. The SMILES string of the molecule is CNc1nc(Cl)nc(N2Cc3ccccc3C2)n1. The molecule has 92 valence electrons. The van der Waals surface area contributed by atoms with Crippen molar-refractivity contribution in [3.05, 3.63) is 40.7 Å². The number of anilines is 2. The Kier molecular flexibility index (Phi) is 2.76. The van der Waals surface area contributed by atoms with E-state index >= 15 is 0 Å². The summed E-state index contributed by atoms with van der Waals surface area (Å²) in [5, 5.41) is 3.09. The molecule has 5 nitrogen and oxygen atoms in total. The summed E-state index contributed by atoms with van der Waals surface area (Å²) in [6.07, 6.45) is 0. The predicted octanol–water partition coefficient (Wildman–Crippen LogP) is 2.09. The smallest absolute Gasteiger partial charge is 0.232 e. The summed E-state index contributed by atoms with van der Waals surface area (Å²) in [6, 6.07) is 8.33. The van der Waals surface area contributed by atoms with Crippen LogP contribution in [-0.2, 0) is 13.1 Å². The lowest BCUT2D eigenvalue weighted by Crippen LogP contribution is -2.18. The monoisotopic (exact) mass is 261 g/mol. The van der Waals surface area contributed by atoms with Crippen molar-refractivity contribution in [3.8, 4) is 0 Å². The fraction of sp³-hybridized carbons (Fsp3) is 0.250. The quantitative estimate of drug-likeness (QED) is 0.897. The Hall–Kier alpha value is -1.88. The van der Waals surface area contributed by atoms with E-state index in [1.54, 1.807) is 7.05 Å². The number of hydrogen-bond acceptors (Lipinski definition) is 5. The Morgan fingerprint density at radius 1 is 1.11 bits per heavy atom. The maximum Gasteiger partial charge on any atom is 0.232 e. The molecule has 18 heavy (non-hydrogen) atoms. The third kappa shape index (κ3) is 1.97. The fourth-order valence-corrected chi connectivity index (χ4v) is 2.22. The highest BCUT2D eigenvalue weighted by Crippen LogP contribution is 2.26. The maximum absolute atomic E-state index is 5.89. The van der Waals surface area contributed by atoms with E-state index in [4.69, 9.17) is 11.6 Å². The van der Waals surface area contributed by atoms with Crippen LogP contribution < -0.4 is 10.2 Å². The van der Waals surface area contributed by atoms with Gasteiger partial charge in [-0.25, -0.2) is 0 Å². The molecule has 0 bridgehead atoms. The Labute approximate surface area is 110 Å². The number of nitrogens with one attached hydrogen (secondary N) is 1. The van der Waals surface area contributed by atoms with Gasteiger partial charge in [-0.15, -0.1) is 0 Å². The van der Waals surface area contributed by atoms with Crippen LogP contribution in [0.3, 0.4) is 0 Å². The molecule has 2 aromatic rings. The Morgan fingerprint density at radius 2 is 1.78 bits per heavy atom. The second kappa shape index (κ2) is 4.42. The first-order valence-electron chi connectivity index (χ1n) is 5.67. The molecule has 1 N–H and O–H groups in total. The van der Waals surface area contributed by atoms with E-state index in [0.717, 1.165) is 13.1 Å². The van der Waals surface area contributed by atoms with Crippen LogP contribution in [0.15, 0.2) is 24.3 Å². The van der Waals surface area contributed by atoms with Crippen LogP contribution in [-0.4, -0.2) is 22.0 Å². The van der Waals surface area contributed by atoms with Crippen LogP contribution >= 0.6 is 11.6 Å². The van der Waals surface area contributed by atoms with Gasteiger partial charge >= 0.3 is 0 Å². The summed E-state index contributed by atoms with van der Waals surface area (Å²) in [5.74, 6) is 1.09. The van der Waals surface area contributed by atoms with Gasteiger partial charge in [-0.3, -0.25) is 0 Å². The van der Waals surface area contributed by atoms with Gasteiger partial charge in [-0.2, -0.15) is 15.0 Å². The predicted molar refractivity (Wildman–Crippen MR) is 70.7 cm³/mol. The molecular formula is C12H12ClN5. The summed E-state index contributed by atoms with van der Waals surface area (Å²) >= 11 is 5.89. The van der Waals surface area contributed by atoms with E-state index in [9.17, 15) is 0 Å². The molecule has 0 atom stereocenters. The molecular weight excluding hydrogens is 250 g/mol. The molecule has 3 rings (SSSR count). The van der Waals surface area contributed by atoms with E-state index in [1.165, 1.54) is 11.1 Å². The minimum absolute atomic E-state index is 0.209. The molecule has 1 aliphatic rings. The number of hydrogen-bond donors (Lipinski definition) is 1. The van der Waals surface area contributed by atoms with Crippen molar-refractivity contribution < 1.29 is 0 Å². The van der Waals surface area contributed by atoms with Crippen molar-refractivity contribution in [3.63, 3.8) is 0 Å². The number of aromatic nitrogens is 3. The third-order valence-electron chi connectivity index (χ3n) is 2.94. The van der Waals surface area contributed by atoms with Crippen LogP contribution in [0.25, 0.3) is 0 Å². The van der Waals surface area contributed by atoms with Crippen molar-refractivity contribution >= 4 is 23.5 Å². The average Bonchev–Trinajstić information content (AvgIpc) is 2.81. The molecule has 0 saturated carbocycles. The van der Waals surface area contributed by atoms with Crippen LogP contribution in [0.1, 0.15) is 11.1 Å². The fourth-order valence-electron chi connectivity index (χ4n) is 2.07. The number of benzene rings is 1. The minimum atomic E-state index is 0.209. The van der Waals surface area contributed by atoms with Gasteiger partial charge in [0.05, 0.1) is 0 Å². The molecule has 2 heterocycles. The highest BCUT2D eigenvalue weighted by Gasteiger charge is 2.21. The van der Waals surface area contributed by atoms with Gasteiger partial charge in [-0.1, -0.05) is 24.3 Å². The molecule has 0 fully saturated rings. The Bertz CT molecular complexity index is 561. The number of rotatable bonds is 2. The van der Waals surface area contributed by atoms with Crippen molar-refractivity contribution in [1.29, 1.82) is 0 Å². The number of halogens is 1. The first kappa shape index (κ1) is 11.2. The molecule has 1 aromatic carbocycles. The van der Waals surface area contributed by atoms with E-state index < -0.39 is 0 Å². The normalized spacial score (nSPS) is 13.6. The summed E-state index contributed by atoms with van der Waals surface area (Å²) in [7, 11) is 1.76. The highest BCUT2D eigenvalue weighted by molar-refractivity contribution is 6.28. The van der Waals surface area contributed by atoms with Crippen LogP contribution in [0.4, 0.5) is 11.9 Å². The lowest BCUT2D eigenvalue weighted by atomic mass is 10.1. The largest absolute Gasteiger partial charge is 0.357 e. The van der Waals surface area contributed by atoms with Crippen molar-refractivity contribution in [1.82, 2.24) is 15.0 Å². The Morgan fingerprint density at radius 3 is 2.39 bits per heavy atom. The first-order chi connectivity index (χ1) is 8.76. The zero-order valence-corrected chi connectivity index (χ0v) is 10.6. The Balaban J connectivity index is 1.92. The lowest BCUT2D eigenvalue weighted by molar-refractivity contribution is 0.819. The topological polar surface area (TPSA) is 53.9 Å². The molecule has 0 aliphatic carbocycles. The number of fused-ring (bicyclic) bond motifs is 1. The average molecular weight is 262 g/mol. The highest BCUT2D eigenvalue weighted by atomic mass is 35.5. The summed E-state index contributed by atoms with van der Waals surface area (Å²) in [5.41, 5.74) is 2.61. The van der Waals surface area contributed by atoms with Gasteiger partial charge in [0, 0.05) is 20.1 Å². The molecule has 1 aromatic heterocycles. The van der Waals surface area contributed by atoms with Gasteiger partial charge in [-0.05, 0) is 22.7 Å². The van der Waals surface area contributed by atoms with E-state index in [0.29, 0.717) is 11.9 Å². The van der Waals surface area contributed by atoms with Crippen molar-refractivity contribution in [2.24, 2.45) is 0 Å². The second-order valence-electron chi connectivity index (χ2n) is 4.10. The van der Waals surface area contributed by atoms with Gasteiger partial charge in [0.2, 0.25) is 17.2 Å². The second-order valence-corrected chi connectivity index (χ2v) is 4.44. The molecule has 0 radical (unpaired) electrons. The zero-order valence-electron chi connectivity index (χ0n) is 9.89. The molecule has 0 saturated heterocycles. The minimum Gasteiger partial charge on any atom is -0.357 e. The van der Waals surface area contributed by atoms with Gasteiger partial charge in [0.15, 0.2) is 0 Å². The van der Waals surface area contributed by atoms with Crippen LogP contribution in [0, 0.1) is 0 Å². The summed E-state index contributed by atoms with van der Waals surface area (Å²) in [4.78, 5) is 14.6. The van der Waals surface area contributed by atoms with E-state index in [1.807, 2.05) is 12.1 Å². The molecule has 0 unspecified atom stereocenters. The van der Waals surface area contributed by atoms with Crippen LogP contribution in [0.5, 0.6) is 0 Å². The molecule has 6 heteroatoms. The van der Waals surface area contributed by atoms with Crippen molar-refractivity contribution in [2.75, 3.05) is 17.3 Å². The third-order valence-corrected chi connectivity index (χ3v) is 3.11. The van der Waals surface area contributed by atoms with E-state index in [2.05, 4.69) is 37.3 Å². The van der Waals surface area contributed by atoms with Crippen molar-refractivity contribution in [2.45, 2.75) is 13.1 Å². The lowest BCUT2D eigenvalue weighted by Gasteiger charge is -2.15. The number of nitrogens with zero attached hydrogens (tertiary/aromatic N) is 4. The summed E-state index contributed by atoms with van der Waals surface area (Å²) < 4.78 is 0. The molecule has 0 amide bonds. The maximum atomic E-state index is 5.89. The first-order valence-corrected chi connectivity index (χ1v) is 6.05. The molecule has 1 aliphatic heterocycles. The van der Waals surface area contributed by atoms with Gasteiger partial charge in [0.1, 0.15) is 0 Å². The van der Waals surface area contributed by atoms with Crippen LogP contribution in [0.2, 0.25) is 5.28 Å². The van der Waals surface area contributed by atoms with Gasteiger partial charge in [0.25, 0.3) is 0 Å². The standard InChI is InChI=1S/C12H12ClN5/c1-14-11-15-10(13)16-12(17-11)18-6-8-4-2-3-5-9(8)7-18/h2-5H,6-7H2,1H3,(H,14,15,16,17). The summed E-state index contributed by atoms with van der Waals surface area (Å²) in [6.45, 7) is 1.61. The van der Waals surface area contributed by atoms with Gasteiger partial charge < -0.3 is 10.2 Å². The molecule has 0 spiro atoms.